The Morgan fingerprint density at radius 3 is 2.77 bits per heavy atom. The monoisotopic (exact) mass is 261 g/mol. The highest BCUT2D eigenvalue weighted by molar-refractivity contribution is 9.10. The van der Waals surface area contributed by atoms with E-state index in [1.165, 1.54) is 22.2 Å². The lowest BCUT2D eigenvalue weighted by molar-refractivity contribution is 0.516. The molecular formula is C10H16BrNS. The summed E-state index contributed by atoms with van der Waals surface area (Å²) < 4.78 is 1.20. The molecule has 0 aliphatic rings. The Morgan fingerprint density at radius 1 is 1.54 bits per heavy atom. The summed E-state index contributed by atoms with van der Waals surface area (Å²) in [5.41, 5.74) is 0. The summed E-state index contributed by atoms with van der Waals surface area (Å²) in [6.07, 6.45) is 2.45. The lowest BCUT2D eigenvalue weighted by atomic mass is 10.1. The third-order valence-electron chi connectivity index (χ3n) is 1.96. The standard InChI is InChI=1S/C10H16BrNS/c1-3-5-9(12-4-2)10-6-8(11)7-13-10/h6-7,9,12H,3-5H2,1-2H3. The third-order valence-corrected chi connectivity index (χ3v) is 3.77. The number of rotatable bonds is 5. The fourth-order valence-corrected chi connectivity index (χ4v) is 2.95. The average molecular weight is 262 g/mol. The fourth-order valence-electron chi connectivity index (χ4n) is 1.39. The minimum atomic E-state index is 0.547. The van der Waals surface area contributed by atoms with E-state index in [4.69, 9.17) is 0 Å². The van der Waals surface area contributed by atoms with E-state index in [2.05, 4.69) is 46.5 Å². The first-order valence-corrected chi connectivity index (χ1v) is 6.42. The van der Waals surface area contributed by atoms with Gasteiger partial charge in [-0.2, -0.15) is 0 Å². The second-order valence-electron chi connectivity index (χ2n) is 3.07. The van der Waals surface area contributed by atoms with Crippen molar-refractivity contribution in [1.82, 2.24) is 5.32 Å². The SMILES string of the molecule is CCCC(NCC)c1cc(Br)cs1. The van der Waals surface area contributed by atoms with Crippen LogP contribution in [0.5, 0.6) is 0 Å². The Balaban J connectivity index is 2.63. The van der Waals surface area contributed by atoms with Gasteiger partial charge in [0, 0.05) is 20.8 Å². The van der Waals surface area contributed by atoms with E-state index in [0.29, 0.717) is 6.04 Å². The van der Waals surface area contributed by atoms with Gasteiger partial charge in [-0.25, -0.2) is 0 Å². The van der Waals surface area contributed by atoms with Gasteiger partial charge in [0.05, 0.1) is 0 Å². The van der Waals surface area contributed by atoms with Crippen molar-refractivity contribution in [2.75, 3.05) is 6.54 Å². The lowest BCUT2D eigenvalue weighted by Gasteiger charge is -2.14. The van der Waals surface area contributed by atoms with Crippen LogP contribution in [0.3, 0.4) is 0 Å². The molecule has 13 heavy (non-hydrogen) atoms. The van der Waals surface area contributed by atoms with Crippen molar-refractivity contribution in [2.24, 2.45) is 0 Å². The van der Waals surface area contributed by atoms with Gasteiger partial charge in [-0.05, 0) is 35.0 Å². The van der Waals surface area contributed by atoms with E-state index >= 15 is 0 Å². The van der Waals surface area contributed by atoms with Crippen molar-refractivity contribution in [3.63, 3.8) is 0 Å². The normalized spacial score (nSPS) is 13.2. The highest BCUT2D eigenvalue weighted by Gasteiger charge is 2.10. The second-order valence-corrected chi connectivity index (χ2v) is 4.92. The van der Waals surface area contributed by atoms with Gasteiger partial charge < -0.3 is 5.32 Å². The number of thiophene rings is 1. The van der Waals surface area contributed by atoms with Crippen LogP contribution in [0.2, 0.25) is 0 Å². The lowest BCUT2D eigenvalue weighted by Crippen LogP contribution is -2.19. The molecule has 0 aliphatic carbocycles. The van der Waals surface area contributed by atoms with Crippen molar-refractivity contribution >= 4 is 27.3 Å². The topological polar surface area (TPSA) is 12.0 Å². The Kier molecular flexibility index (Phi) is 4.99. The van der Waals surface area contributed by atoms with E-state index in [-0.39, 0.29) is 0 Å². The molecule has 0 aliphatic heterocycles. The molecule has 1 aromatic rings. The Bertz CT molecular complexity index is 241. The molecule has 1 unspecified atom stereocenters. The van der Waals surface area contributed by atoms with Crippen LogP contribution >= 0.6 is 27.3 Å². The molecule has 1 aromatic heterocycles. The third kappa shape index (κ3) is 3.41. The molecular weight excluding hydrogens is 246 g/mol. The second kappa shape index (κ2) is 5.78. The van der Waals surface area contributed by atoms with E-state index in [0.717, 1.165) is 6.54 Å². The van der Waals surface area contributed by atoms with Crippen LogP contribution in [0.1, 0.15) is 37.6 Å². The Hall–Kier alpha value is 0.140. The van der Waals surface area contributed by atoms with Gasteiger partial charge in [0.1, 0.15) is 0 Å². The fraction of sp³-hybridized carbons (Fsp3) is 0.600. The number of nitrogens with one attached hydrogen (secondary N) is 1. The van der Waals surface area contributed by atoms with Crippen LogP contribution in [-0.2, 0) is 0 Å². The summed E-state index contributed by atoms with van der Waals surface area (Å²) in [4.78, 5) is 1.44. The zero-order chi connectivity index (χ0) is 9.68. The maximum Gasteiger partial charge on any atom is 0.0415 e. The van der Waals surface area contributed by atoms with Gasteiger partial charge in [-0.15, -0.1) is 11.3 Å². The smallest absolute Gasteiger partial charge is 0.0415 e. The van der Waals surface area contributed by atoms with Gasteiger partial charge >= 0.3 is 0 Å². The van der Waals surface area contributed by atoms with Crippen LogP contribution in [0.25, 0.3) is 0 Å². The zero-order valence-electron chi connectivity index (χ0n) is 8.14. The van der Waals surface area contributed by atoms with Crippen molar-refractivity contribution in [2.45, 2.75) is 32.7 Å². The van der Waals surface area contributed by atoms with Crippen molar-refractivity contribution in [1.29, 1.82) is 0 Å². The Labute approximate surface area is 92.7 Å². The summed E-state index contributed by atoms with van der Waals surface area (Å²) >= 11 is 5.31. The quantitative estimate of drug-likeness (QED) is 0.846. The predicted molar refractivity (Wildman–Crippen MR) is 63.3 cm³/mol. The first-order valence-electron chi connectivity index (χ1n) is 4.75. The zero-order valence-corrected chi connectivity index (χ0v) is 10.5. The summed E-state index contributed by atoms with van der Waals surface area (Å²) in [5, 5.41) is 5.65. The van der Waals surface area contributed by atoms with Crippen molar-refractivity contribution in [3.8, 4) is 0 Å². The van der Waals surface area contributed by atoms with Gasteiger partial charge in [0.2, 0.25) is 0 Å². The molecule has 0 spiro atoms. The predicted octanol–water partition coefficient (Wildman–Crippen LogP) is 3.96. The highest BCUT2D eigenvalue weighted by Crippen LogP contribution is 2.28. The average Bonchev–Trinajstić information content (AvgIpc) is 2.51. The molecule has 0 aromatic carbocycles. The summed E-state index contributed by atoms with van der Waals surface area (Å²) in [6, 6.07) is 2.76. The molecule has 0 fully saturated rings. The van der Waals surface area contributed by atoms with Crippen LogP contribution in [-0.4, -0.2) is 6.54 Å². The number of hydrogen-bond acceptors (Lipinski definition) is 2. The largest absolute Gasteiger partial charge is 0.310 e. The molecule has 1 atom stereocenters. The Morgan fingerprint density at radius 2 is 2.31 bits per heavy atom. The minimum absolute atomic E-state index is 0.547. The number of hydrogen-bond donors (Lipinski definition) is 1. The molecule has 0 saturated heterocycles. The summed E-state index contributed by atoms with van der Waals surface area (Å²) in [6.45, 7) is 5.43. The van der Waals surface area contributed by atoms with E-state index in [9.17, 15) is 0 Å². The molecule has 0 bridgehead atoms. The van der Waals surface area contributed by atoms with Crippen molar-refractivity contribution in [3.05, 3.63) is 20.8 Å². The van der Waals surface area contributed by atoms with Crippen molar-refractivity contribution < 1.29 is 0 Å². The highest BCUT2D eigenvalue weighted by atomic mass is 79.9. The van der Waals surface area contributed by atoms with Crippen LogP contribution in [0.15, 0.2) is 15.9 Å². The maximum atomic E-state index is 3.50. The van der Waals surface area contributed by atoms with E-state index in [1.807, 2.05) is 11.3 Å². The van der Waals surface area contributed by atoms with Gasteiger partial charge in [0.25, 0.3) is 0 Å². The molecule has 3 heteroatoms. The van der Waals surface area contributed by atoms with Crippen LogP contribution in [0.4, 0.5) is 0 Å². The maximum absolute atomic E-state index is 3.50. The van der Waals surface area contributed by atoms with Gasteiger partial charge in [-0.1, -0.05) is 20.3 Å². The van der Waals surface area contributed by atoms with E-state index < -0.39 is 0 Å². The van der Waals surface area contributed by atoms with Crippen LogP contribution < -0.4 is 5.32 Å². The molecule has 0 amide bonds. The molecule has 1 N–H and O–H groups in total. The number of halogens is 1. The molecule has 74 valence electrons. The first-order chi connectivity index (χ1) is 6.27. The molecule has 0 saturated carbocycles. The first kappa shape index (κ1) is 11.2. The van der Waals surface area contributed by atoms with E-state index in [1.54, 1.807) is 0 Å². The van der Waals surface area contributed by atoms with Gasteiger partial charge in [-0.3, -0.25) is 0 Å². The summed E-state index contributed by atoms with van der Waals surface area (Å²) in [7, 11) is 0. The molecule has 0 radical (unpaired) electrons. The minimum Gasteiger partial charge on any atom is -0.310 e. The van der Waals surface area contributed by atoms with Gasteiger partial charge in [0.15, 0.2) is 0 Å². The molecule has 1 nitrogen and oxygen atoms in total. The van der Waals surface area contributed by atoms with Crippen LogP contribution in [0, 0.1) is 0 Å². The molecule has 1 rings (SSSR count). The molecule has 1 heterocycles. The summed E-state index contributed by atoms with van der Waals surface area (Å²) in [5.74, 6) is 0.